The number of carbonyl (C=O) groups excluding carboxylic acids is 2. The third-order valence-corrected chi connectivity index (χ3v) is 5.58. The van der Waals surface area contributed by atoms with Crippen LogP contribution in [-0.2, 0) is 9.59 Å². The van der Waals surface area contributed by atoms with Crippen molar-refractivity contribution in [2.75, 3.05) is 6.54 Å². The van der Waals surface area contributed by atoms with Crippen molar-refractivity contribution >= 4 is 11.8 Å². The van der Waals surface area contributed by atoms with Gasteiger partial charge < -0.3 is 10.2 Å². The molecule has 2 saturated carbocycles. The molecule has 1 N–H and O–H groups in total. The molecular formula is C17H28N2O2. The van der Waals surface area contributed by atoms with Crippen molar-refractivity contribution in [3.05, 3.63) is 0 Å². The molecule has 2 aliphatic carbocycles. The molecule has 3 rings (SSSR count). The average Bonchev–Trinajstić information content (AvgIpc) is 3.07. The molecule has 4 nitrogen and oxygen atoms in total. The van der Waals surface area contributed by atoms with Gasteiger partial charge in [-0.15, -0.1) is 0 Å². The highest BCUT2D eigenvalue weighted by atomic mass is 16.2. The largest absolute Gasteiger partial charge is 0.353 e. The summed E-state index contributed by atoms with van der Waals surface area (Å²) in [4.78, 5) is 26.6. The summed E-state index contributed by atoms with van der Waals surface area (Å²) in [6.07, 6.45) is 9.82. The van der Waals surface area contributed by atoms with Gasteiger partial charge in [0.05, 0.1) is 5.92 Å². The van der Waals surface area contributed by atoms with Crippen LogP contribution in [0.5, 0.6) is 0 Å². The SMILES string of the molecule is CC1CCCC(NC(=O)C2CC(=O)N(C3CCCC3)C2)C1. The Kier molecular flexibility index (Phi) is 4.51. The van der Waals surface area contributed by atoms with Crippen molar-refractivity contribution in [3.8, 4) is 0 Å². The van der Waals surface area contributed by atoms with Crippen LogP contribution in [0.15, 0.2) is 0 Å². The van der Waals surface area contributed by atoms with Crippen molar-refractivity contribution in [2.45, 2.75) is 76.8 Å². The maximum Gasteiger partial charge on any atom is 0.225 e. The average molecular weight is 292 g/mol. The summed E-state index contributed by atoms with van der Waals surface area (Å²) in [6.45, 7) is 2.91. The van der Waals surface area contributed by atoms with E-state index in [1.165, 1.54) is 25.7 Å². The highest BCUT2D eigenvalue weighted by molar-refractivity contribution is 5.89. The van der Waals surface area contributed by atoms with Crippen LogP contribution in [0.2, 0.25) is 0 Å². The lowest BCUT2D eigenvalue weighted by molar-refractivity contribution is -0.130. The van der Waals surface area contributed by atoms with Gasteiger partial charge in [0.15, 0.2) is 0 Å². The molecule has 1 aliphatic heterocycles. The van der Waals surface area contributed by atoms with Crippen molar-refractivity contribution in [1.82, 2.24) is 10.2 Å². The van der Waals surface area contributed by atoms with E-state index in [9.17, 15) is 9.59 Å². The Morgan fingerprint density at radius 3 is 2.62 bits per heavy atom. The van der Waals surface area contributed by atoms with Gasteiger partial charge in [0, 0.05) is 25.0 Å². The van der Waals surface area contributed by atoms with Gasteiger partial charge in [-0.05, 0) is 31.6 Å². The fraction of sp³-hybridized carbons (Fsp3) is 0.882. The molecule has 1 saturated heterocycles. The predicted molar refractivity (Wildman–Crippen MR) is 81.6 cm³/mol. The fourth-order valence-electron chi connectivity index (χ4n) is 4.36. The summed E-state index contributed by atoms with van der Waals surface area (Å²) in [5.74, 6) is 0.904. The van der Waals surface area contributed by atoms with Crippen LogP contribution in [0.1, 0.15) is 64.7 Å². The third kappa shape index (κ3) is 3.41. The lowest BCUT2D eigenvalue weighted by Crippen LogP contribution is -2.42. The maximum absolute atomic E-state index is 12.4. The zero-order chi connectivity index (χ0) is 14.8. The van der Waals surface area contributed by atoms with E-state index in [1.807, 2.05) is 4.90 Å². The van der Waals surface area contributed by atoms with E-state index in [-0.39, 0.29) is 17.7 Å². The van der Waals surface area contributed by atoms with Crippen molar-refractivity contribution < 1.29 is 9.59 Å². The standard InChI is InChI=1S/C17H28N2O2/c1-12-5-4-6-14(9-12)18-17(21)13-10-16(20)19(11-13)15-7-2-3-8-15/h12-15H,2-11H2,1H3,(H,18,21). The topological polar surface area (TPSA) is 49.4 Å². The Bertz CT molecular complexity index is 404. The van der Waals surface area contributed by atoms with E-state index in [0.29, 0.717) is 31.0 Å². The smallest absolute Gasteiger partial charge is 0.225 e. The number of nitrogens with one attached hydrogen (secondary N) is 1. The Morgan fingerprint density at radius 1 is 1.14 bits per heavy atom. The molecule has 2 amide bonds. The van der Waals surface area contributed by atoms with Crippen LogP contribution in [0.25, 0.3) is 0 Å². The van der Waals surface area contributed by atoms with Gasteiger partial charge in [-0.1, -0.05) is 32.6 Å². The minimum absolute atomic E-state index is 0.114. The van der Waals surface area contributed by atoms with Crippen LogP contribution in [0, 0.1) is 11.8 Å². The first-order chi connectivity index (χ1) is 10.1. The summed E-state index contributed by atoms with van der Waals surface area (Å²) < 4.78 is 0. The lowest BCUT2D eigenvalue weighted by atomic mass is 9.87. The van der Waals surface area contributed by atoms with E-state index in [1.54, 1.807) is 0 Å². The van der Waals surface area contributed by atoms with Gasteiger partial charge in [-0.25, -0.2) is 0 Å². The Balaban J connectivity index is 1.52. The van der Waals surface area contributed by atoms with Gasteiger partial charge in [0.25, 0.3) is 0 Å². The van der Waals surface area contributed by atoms with Gasteiger partial charge in [0.1, 0.15) is 0 Å². The lowest BCUT2D eigenvalue weighted by Gasteiger charge is -2.28. The monoisotopic (exact) mass is 292 g/mol. The van der Waals surface area contributed by atoms with Crippen LogP contribution in [0.4, 0.5) is 0 Å². The number of hydrogen-bond donors (Lipinski definition) is 1. The second kappa shape index (κ2) is 6.37. The number of nitrogens with zero attached hydrogens (tertiary/aromatic N) is 1. The molecule has 0 aromatic rings. The molecule has 1 heterocycles. The molecule has 3 aliphatic rings. The second-order valence-electron chi connectivity index (χ2n) is 7.36. The Labute approximate surface area is 127 Å². The highest BCUT2D eigenvalue weighted by Gasteiger charge is 2.39. The molecule has 0 aromatic heterocycles. The van der Waals surface area contributed by atoms with E-state index < -0.39 is 0 Å². The minimum atomic E-state index is -0.115. The molecule has 0 spiro atoms. The van der Waals surface area contributed by atoms with Crippen LogP contribution < -0.4 is 5.32 Å². The molecule has 0 radical (unpaired) electrons. The van der Waals surface area contributed by atoms with E-state index >= 15 is 0 Å². The number of likely N-dealkylation sites (tertiary alicyclic amines) is 1. The Hall–Kier alpha value is -1.06. The van der Waals surface area contributed by atoms with Gasteiger partial charge in [-0.2, -0.15) is 0 Å². The molecule has 21 heavy (non-hydrogen) atoms. The first-order valence-electron chi connectivity index (χ1n) is 8.73. The van der Waals surface area contributed by atoms with Crippen LogP contribution in [-0.4, -0.2) is 35.3 Å². The number of carbonyl (C=O) groups is 2. The van der Waals surface area contributed by atoms with Gasteiger partial charge >= 0.3 is 0 Å². The summed E-state index contributed by atoms with van der Waals surface area (Å²) >= 11 is 0. The quantitative estimate of drug-likeness (QED) is 0.868. The Morgan fingerprint density at radius 2 is 1.90 bits per heavy atom. The zero-order valence-electron chi connectivity index (χ0n) is 13.1. The van der Waals surface area contributed by atoms with E-state index in [2.05, 4.69) is 12.2 Å². The maximum atomic E-state index is 12.4. The molecule has 3 unspecified atom stereocenters. The molecule has 0 bridgehead atoms. The van der Waals surface area contributed by atoms with Crippen molar-refractivity contribution in [3.63, 3.8) is 0 Å². The number of rotatable bonds is 3. The van der Waals surface area contributed by atoms with Crippen molar-refractivity contribution in [2.24, 2.45) is 11.8 Å². The summed E-state index contributed by atoms with van der Waals surface area (Å²) in [5.41, 5.74) is 0. The fourth-order valence-corrected chi connectivity index (χ4v) is 4.36. The highest BCUT2D eigenvalue weighted by Crippen LogP contribution is 2.30. The van der Waals surface area contributed by atoms with Crippen LogP contribution >= 0.6 is 0 Å². The summed E-state index contributed by atoms with van der Waals surface area (Å²) in [7, 11) is 0. The first kappa shape index (κ1) is 14.9. The van der Waals surface area contributed by atoms with Crippen LogP contribution in [0.3, 0.4) is 0 Å². The molecule has 3 atom stereocenters. The summed E-state index contributed by atoms with van der Waals surface area (Å²) in [6, 6.07) is 0.738. The van der Waals surface area contributed by atoms with E-state index in [4.69, 9.17) is 0 Å². The normalized spacial score (nSPS) is 34.4. The molecule has 4 heteroatoms. The number of amides is 2. The van der Waals surface area contributed by atoms with Gasteiger partial charge in [-0.3, -0.25) is 9.59 Å². The van der Waals surface area contributed by atoms with Crippen molar-refractivity contribution in [1.29, 1.82) is 0 Å². The van der Waals surface area contributed by atoms with Gasteiger partial charge in [0.2, 0.25) is 11.8 Å². The molecule has 118 valence electrons. The zero-order valence-corrected chi connectivity index (χ0v) is 13.1. The first-order valence-corrected chi connectivity index (χ1v) is 8.73. The molecule has 0 aromatic carbocycles. The third-order valence-electron chi connectivity index (χ3n) is 5.58. The molecule has 3 fully saturated rings. The minimum Gasteiger partial charge on any atom is -0.353 e. The second-order valence-corrected chi connectivity index (χ2v) is 7.36. The van der Waals surface area contributed by atoms with E-state index in [0.717, 1.165) is 25.7 Å². The summed E-state index contributed by atoms with van der Waals surface area (Å²) in [5, 5.41) is 3.21. The number of hydrogen-bond acceptors (Lipinski definition) is 2. The molecular weight excluding hydrogens is 264 g/mol. The predicted octanol–water partition coefficient (Wildman–Crippen LogP) is 2.47.